The maximum Gasteiger partial charge on any atom is 0.263 e. The summed E-state index contributed by atoms with van der Waals surface area (Å²) < 4.78 is 5.27. The van der Waals surface area contributed by atoms with E-state index in [9.17, 15) is 9.59 Å². The van der Waals surface area contributed by atoms with Crippen molar-refractivity contribution in [3.63, 3.8) is 0 Å². The highest BCUT2D eigenvalue weighted by Crippen LogP contribution is 2.33. The third-order valence-corrected chi connectivity index (χ3v) is 5.48. The molecule has 1 fully saturated rings. The Bertz CT molecular complexity index is 890. The van der Waals surface area contributed by atoms with Crippen molar-refractivity contribution in [2.45, 2.75) is 31.7 Å². The van der Waals surface area contributed by atoms with Gasteiger partial charge in [0, 0.05) is 23.9 Å². The molecule has 0 bridgehead atoms. The molecule has 2 aliphatic heterocycles. The number of amides is 2. The van der Waals surface area contributed by atoms with Gasteiger partial charge in [0.05, 0.1) is 18.8 Å². The Morgan fingerprint density at radius 3 is 2.36 bits per heavy atom. The number of nitrogens with zero attached hydrogens (tertiary/aromatic N) is 2. The molecule has 1 saturated heterocycles. The maximum atomic E-state index is 13.2. The molecule has 2 amide bonds. The van der Waals surface area contributed by atoms with E-state index >= 15 is 0 Å². The summed E-state index contributed by atoms with van der Waals surface area (Å²) >= 11 is 0. The van der Waals surface area contributed by atoms with E-state index < -0.39 is 0 Å². The van der Waals surface area contributed by atoms with Gasteiger partial charge in [-0.1, -0.05) is 31.0 Å². The van der Waals surface area contributed by atoms with E-state index in [1.165, 1.54) is 11.0 Å². The quantitative estimate of drug-likeness (QED) is 0.759. The Morgan fingerprint density at radius 2 is 1.64 bits per heavy atom. The summed E-state index contributed by atoms with van der Waals surface area (Å²) in [7, 11) is 1.65. The molecular formula is C23H24N2O3. The Hall–Kier alpha value is -3.08. The highest BCUT2D eigenvalue weighted by atomic mass is 16.5. The standard InChI is InChI=1S/C23H24N2O3/c1-28-19-13-11-17(12-14-19)24-15-7-3-6-10-21(24)20-16-22(26)25(23(20)27)18-8-4-2-5-9-18/h2,4-5,8-9,11-14,16,21H,3,6-7,10,15H2,1H3. The van der Waals surface area contributed by atoms with Crippen molar-refractivity contribution in [2.75, 3.05) is 23.5 Å². The number of carbonyl (C=O) groups is 2. The van der Waals surface area contributed by atoms with Crippen LogP contribution in [0.15, 0.2) is 66.2 Å². The van der Waals surface area contributed by atoms with Gasteiger partial charge in [-0.25, -0.2) is 4.90 Å². The molecule has 4 rings (SSSR count). The average Bonchev–Trinajstić information content (AvgIpc) is 2.89. The van der Waals surface area contributed by atoms with E-state index in [0.717, 1.165) is 43.7 Å². The molecule has 2 heterocycles. The number of carbonyl (C=O) groups excluding carboxylic acids is 2. The monoisotopic (exact) mass is 376 g/mol. The SMILES string of the molecule is COc1ccc(N2CCCCCC2C2=CC(=O)N(c3ccccc3)C2=O)cc1. The summed E-state index contributed by atoms with van der Waals surface area (Å²) in [6, 6.07) is 16.9. The molecule has 0 saturated carbocycles. The van der Waals surface area contributed by atoms with Crippen molar-refractivity contribution in [1.82, 2.24) is 0 Å². The Labute approximate surface area is 165 Å². The number of para-hydroxylation sites is 1. The molecule has 2 aromatic carbocycles. The molecule has 0 radical (unpaired) electrons. The molecule has 5 heteroatoms. The summed E-state index contributed by atoms with van der Waals surface area (Å²) in [5.74, 6) is 0.337. The first-order valence-corrected chi connectivity index (χ1v) is 9.75. The van der Waals surface area contributed by atoms with Crippen LogP contribution in [0.3, 0.4) is 0 Å². The lowest BCUT2D eigenvalue weighted by Crippen LogP contribution is -2.40. The fraction of sp³-hybridized carbons (Fsp3) is 0.304. The summed E-state index contributed by atoms with van der Waals surface area (Å²) in [5.41, 5.74) is 2.26. The third-order valence-electron chi connectivity index (χ3n) is 5.48. The van der Waals surface area contributed by atoms with Gasteiger partial charge >= 0.3 is 0 Å². The minimum Gasteiger partial charge on any atom is -0.497 e. The molecule has 0 aliphatic carbocycles. The summed E-state index contributed by atoms with van der Waals surface area (Å²) in [6.45, 7) is 0.862. The molecule has 2 aromatic rings. The molecule has 0 aromatic heterocycles. The van der Waals surface area contributed by atoms with Gasteiger partial charge < -0.3 is 9.64 Å². The van der Waals surface area contributed by atoms with Gasteiger partial charge in [-0.15, -0.1) is 0 Å². The second-order valence-electron chi connectivity index (χ2n) is 7.17. The molecule has 0 spiro atoms. The number of hydrogen-bond donors (Lipinski definition) is 0. The second kappa shape index (κ2) is 7.89. The molecule has 0 N–H and O–H groups in total. The lowest BCUT2D eigenvalue weighted by atomic mass is 10.00. The number of imide groups is 1. The molecule has 1 atom stereocenters. The van der Waals surface area contributed by atoms with E-state index in [-0.39, 0.29) is 17.9 Å². The fourth-order valence-electron chi connectivity index (χ4n) is 4.06. The minimum atomic E-state index is -0.259. The van der Waals surface area contributed by atoms with E-state index in [2.05, 4.69) is 4.90 Å². The Kier molecular flexibility index (Phi) is 5.15. The van der Waals surface area contributed by atoms with E-state index in [1.807, 2.05) is 42.5 Å². The van der Waals surface area contributed by atoms with Gasteiger partial charge in [0.2, 0.25) is 0 Å². The molecular weight excluding hydrogens is 352 g/mol. The van der Waals surface area contributed by atoms with E-state index in [4.69, 9.17) is 4.74 Å². The zero-order valence-electron chi connectivity index (χ0n) is 16.0. The number of anilines is 2. The van der Waals surface area contributed by atoms with Crippen molar-refractivity contribution in [3.8, 4) is 5.75 Å². The van der Waals surface area contributed by atoms with Crippen molar-refractivity contribution in [1.29, 1.82) is 0 Å². The molecule has 5 nitrogen and oxygen atoms in total. The zero-order chi connectivity index (χ0) is 19.5. The Balaban J connectivity index is 1.65. The van der Waals surface area contributed by atoms with Gasteiger partial charge in [-0.2, -0.15) is 0 Å². The van der Waals surface area contributed by atoms with Crippen LogP contribution < -0.4 is 14.5 Å². The molecule has 28 heavy (non-hydrogen) atoms. The van der Waals surface area contributed by atoms with Crippen molar-refractivity contribution < 1.29 is 14.3 Å². The topological polar surface area (TPSA) is 49.9 Å². The minimum absolute atomic E-state index is 0.0962. The second-order valence-corrected chi connectivity index (χ2v) is 7.17. The Morgan fingerprint density at radius 1 is 0.893 bits per heavy atom. The van der Waals surface area contributed by atoms with E-state index in [0.29, 0.717) is 11.3 Å². The summed E-state index contributed by atoms with van der Waals surface area (Å²) in [6.07, 6.45) is 5.63. The highest BCUT2D eigenvalue weighted by Gasteiger charge is 2.38. The zero-order valence-corrected chi connectivity index (χ0v) is 16.0. The molecule has 144 valence electrons. The van der Waals surface area contributed by atoms with Gasteiger partial charge in [0.1, 0.15) is 5.75 Å². The molecule has 1 unspecified atom stereocenters. The van der Waals surface area contributed by atoms with Gasteiger partial charge in [-0.05, 0) is 49.2 Å². The lowest BCUT2D eigenvalue weighted by Gasteiger charge is -2.33. The van der Waals surface area contributed by atoms with Crippen LogP contribution in [0.5, 0.6) is 5.75 Å². The number of ether oxygens (including phenoxy) is 1. The van der Waals surface area contributed by atoms with Crippen LogP contribution >= 0.6 is 0 Å². The van der Waals surface area contributed by atoms with Gasteiger partial charge in [0.15, 0.2) is 0 Å². The largest absolute Gasteiger partial charge is 0.497 e. The number of rotatable bonds is 4. The van der Waals surface area contributed by atoms with Crippen LogP contribution in [0, 0.1) is 0 Å². The van der Waals surface area contributed by atoms with Crippen LogP contribution in [0.1, 0.15) is 25.7 Å². The van der Waals surface area contributed by atoms with Crippen LogP contribution in [-0.4, -0.2) is 31.5 Å². The van der Waals surface area contributed by atoms with Crippen molar-refractivity contribution >= 4 is 23.2 Å². The third kappa shape index (κ3) is 3.40. The summed E-state index contributed by atoms with van der Waals surface area (Å²) in [4.78, 5) is 29.4. The lowest BCUT2D eigenvalue weighted by molar-refractivity contribution is -0.120. The smallest absolute Gasteiger partial charge is 0.263 e. The number of methoxy groups -OCH3 is 1. The maximum absolute atomic E-state index is 13.2. The predicted octanol–water partition coefficient (Wildman–Crippen LogP) is 3.94. The summed E-state index contributed by atoms with van der Waals surface area (Å²) in [5, 5.41) is 0. The predicted molar refractivity (Wildman–Crippen MR) is 110 cm³/mol. The first-order valence-electron chi connectivity index (χ1n) is 9.75. The first-order chi connectivity index (χ1) is 13.7. The van der Waals surface area contributed by atoms with Crippen LogP contribution in [0.25, 0.3) is 0 Å². The van der Waals surface area contributed by atoms with Crippen molar-refractivity contribution in [2.24, 2.45) is 0 Å². The van der Waals surface area contributed by atoms with Crippen LogP contribution in [-0.2, 0) is 9.59 Å². The average molecular weight is 376 g/mol. The van der Waals surface area contributed by atoms with Gasteiger partial charge in [0.25, 0.3) is 11.8 Å². The highest BCUT2D eigenvalue weighted by molar-refractivity contribution is 6.31. The van der Waals surface area contributed by atoms with Gasteiger partial charge in [-0.3, -0.25) is 9.59 Å². The molecule has 2 aliphatic rings. The van der Waals surface area contributed by atoms with Crippen molar-refractivity contribution in [3.05, 3.63) is 66.2 Å². The van der Waals surface area contributed by atoms with Crippen LogP contribution in [0.4, 0.5) is 11.4 Å². The fourth-order valence-corrected chi connectivity index (χ4v) is 4.06. The normalized spacial score (nSPS) is 20.2. The number of hydrogen-bond acceptors (Lipinski definition) is 4. The van der Waals surface area contributed by atoms with E-state index in [1.54, 1.807) is 19.2 Å². The van der Waals surface area contributed by atoms with Crippen LogP contribution in [0.2, 0.25) is 0 Å². The number of benzene rings is 2. The first kappa shape index (κ1) is 18.3.